The smallest absolute Gasteiger partial charge is 0.325 e. The van der Waals surface area contributed by atoms with Crippen LogP contribution in [0.3, 0.4) is 0 Å². The minimum Gasteiger partial charge on any atom is -0.465 e. The minimum absolute atomic E-state index is 0.0810. The lowest BCUT2D eigenvalue weighted by atomic mass is 9.73. The Morgan fingerprint density at radius 2 is 2.09 bits per heavy atom. The number of rotatable bonds is 7. The molecule has 2 atom stereocenters. The molecule has 0 aliphatic carbocycles. The third kappa shape index (κ3) is 3.27. The van der Waals surface area contributed by atoms with Gasteiger partial charge in [0.2, 0.25) is 5.91 Å². The number of ether oxygens (including phenoxy) is 1. The number of hydrogen-bond donors (Lipinski definition) is 1. The summed E-state index contributed by atoms with van der Waals surface area (Å²) in [5.41, 5.74) is -0.962. The number of nitrogens with one attached hydrogen (secondary N) is 1. The maximum atomic E-state index is 12.6. The van der Waals surface area contributed by atoms with Gasteiger partial charge in [-0.15, -0.1) is 0 Å². The molecule has 2 rings (SSSR count). The van der Waals surface area contributed by atoms with E-state index in [-0.39, 0.29) is 18.1 Å². The molecule has 0 aromatic carbocycles. The summed E-state index contributed by atoms with van der Waals surface area (Å²) in [5, 5.41) is 4.59. The quantitative estimate of drug-likeness (QED) is 0.726. The van der Waals surface area contributed by atoms with Crippen molar-refractivity contribution in [3.8, 4) is 0 Å². The highest BCUT2D eigenvalue weighted by Gasteiger charge is 2.65. The molecular formula is C16H28N2O4. The molecule has 22 heavy (non-hydrogen) atoms. The monoisotopic (exact) mass is 312 g/mol. The van der Waals surface area contributed by atoms with E-state index in [0.29, 0.717) is 19.1 Å². The van der Waals surface area contributed by atoms with Crippen LogP contribution >= 0.6 is 0 Å². The third-order valence-electron chi connectivity index (χ3n) is 4.40. The highest BCUT2D eigenvalue weighted by atomic mass is 16.7. The molecule has 0 saturated carbocycles. The molecule has 2 unspecified atom stereocenters. The summed E-state index contributed by atoms with van der Waals surface area (Å²) in [6, 6.07) is 0.301. The van der Waals surface area contributed by atoms with Gasteiger partial charge >= 0.3 is 5.97 Å². The lowest BCUT2D eigenvalue weighted by Crippen LogP contribution is -2.68. The predicted molar refractivity (Wildman–Crippen MR) is 81.9 cm³/mol. The largest absolute Gasteiger partial charge is 0.465 e. The molecule has 0 aromatic rings. The number of fused-ring (bicyclic) bond motifs is 1. The first-order valence-electron chi connectivity index (χ1n) is 8.27. The Bertz CT molecular complexity index is 438. The van der Waals surface area contributed by atoms with Crippen LogP contribution in [-0.2, 0) is 19.2 Å². The van der Waals surface area contributed by atoms with Crippen LogP contribution in [0.25, 0.3) is 0 Å². The van der Waals surface area contributed by atoms with Crippen molar-refractivity contribution in [2.45, 2.75) is 77.0 Å². The highest BCUT2D eigenvalue weighted by molar-refractivity contribution is 5.90. The number of hydroxylamine groups is 2. The summed E-state index contributed by atoms with van der Waals surface area (Å²) in [5.74, 6) is -0.530. The number of carbonyl (C=O) groups excluding carboxylic acids is 2. The molecule has 6 nitrogen and oxygen atoms in total. The lowest BCUT2D eigenvalue weighted by molar-refractivity contribution is -0.280. The summed E-state index contributed by atoms with van der Waals surface area (Å²) >= 11 is 0. The van der Waals surface area contributed by atoms with E-state index in [1.807, 2.05) is 18.9 Å². The Morgan fingerprint density at radius 3 is 2.73 bits per heavy atom. The summed E-state index contributed by atoms with van der Waals surface area (Å²) in [6.45, 7) is 8.15. The van der Waals surface area contributed by atoms with E-state index in [1.54, 1.807) is 6.92 Å². The van der Waals surface area contributed by atoms with Crippen molar-refractivity contribution in [2.75, 3.05) is 13.2 Å². The van der Waals surface area contributed by atoms with Gasteiger partial charge in [-0.05, 0) is 33.6 Å². The van der Waals surface area contributed by atoms with Crippen LogP contribution in [0.4, 0.5) is 0 Å². The molecule has 1 amide bonds. The molecule has 2 saturated heterocycles. The van der Waals surface area contributed by atoms with Crippen LogP contribution in [0.2, 0.25) is 0 Å². The van der Waals surface area contributed by atoms with E-state index in [9.17, 15) is 9.59 Å². The maximum Gasteiger partial charge on any atom is 0.325 e. The normalized spacial score (nSPS) is 29.5. The van der Waals surface area contributed by atoms with E-state index in [1.165, 1.54) is 0 Å². The fourth-order valence-electron chi connectivity index (χ4n) is 3.58. The number of carbonyl (C=O) groups is 2. The van der Waals surface area contributed by atoms with Crippen molar-refractivity contribution in [1.29, 1.82) is 0 Å². The molecular weight excluding hydrogens is 284 g/mol. The fourth-order valence-corrected chi connectivity index (χ4v) is 3.58. The number of amides is 1. The van der Waals surface area contributed by atoms with Crippen LogP contribution in [0.5, 0.6) is 0 Å². The first-order chi connectivity index (χ1) is 10.3. The SMILES string of the molecule is CCCCC1CC2(C(=O)NCC(=O)OCC)CC(C)(C)ON12. The van der Waals surface area contributed by atoms with Gasteiger partial charge in [0.1, 0.15) is 12.1 Å². The van der Waals surface area contributed by atoms with E-state index in [2.05, 4.69) is 12.2 Å². The molecule has 126 valence electrons. The summed E-state index contributed by atoms with van der Waals surface area (Å²) < 4.78 is 4.85. The van der Waals surface area contributed by atoms with Crippen LogP contribution in [0.1, 0.15) is 59.8 Å². The molecule has 0 aromatic heterocycles. The second-order valence-corrected chi connectivity index (χ2v) is 6.87. The standard InChI is InChI=1S/C16H28N2O4/c1-5-7-8-12-9-16(11-15(3,4)22-18(12)16)14(20)17-10-13(19)21-6-2/h12H,5-11H2,1-4H3,(H,17,20). The zero-order chi connectivity index (χ0) is 16.4. The molecule has 0 radical (unpaired) electrons. The van der Waals surface area contributed by atoms with E-state index in [0.717, 1.165) is 25.7 Å². The van der Waals surface area contributed by atoms with Crippen LogP contribution < -0.4 is 5.32 Å². The van der Waals surface area contributed by atoms with Gasteiger partial charge in [-0.25, -0.2) is 0 Å². The summed E-state index contributed by atoms with van der Waals surface area (Å²) in [6.07, 6.45) is 4.75. The third-order valence-corrected chi connectivity index (χ3v) is 4.40. The zero-order valence-electron chi connectivity index (χ0n) is 14.1. The van der Waals surface area contributed by atoms with Crippen molar-refractivity contribution < 1.29 is 19.2 Å². The topological polar surface area (TPSA) is 67.9 Å². The second kappa shape index (κ2) is 6.54. The van der Waals surface area contributed by atoms with Crippen LogP contribution in [0, 0.1) is 0 Å². The minimum atomic E-state index is -0.617. The number of unbranched alkanes of at least 4 members (excludes halogenated alkanes) is 1. The molecule has 2 fully saturated rings. The molecule has 0 bridgehead atoms. The van der Waals surface area contributed by atoms with Gasteiger partial charge in [0.25, 0.3) is 0 Å². The van der Waals surface area contributed by atoms with Gasteiger partial charge in [-0.3, -0.25) is 14.4 Å². The molecule has 1 N–H and O–H groups in total. The molecule has 2 heterocycles. The number of hydrogen-bond acceptors (Lipinski definition) is 5. The Kier molecular flexibility index (Phi) is 5.12. The van der Waals surface area contributed by atoms with Gasteiger partial charge in [0.05, 0.1) is 12.2 Å². The van der Waals surface area contributed by atoms with Crippen molar-refractivity contribution in [1.82, 2.24) is 10.4 Å². The maximum absolute atomic E-state index is 12.6. The Balaban J connectivity index is 1.98. The second-order valence-electron chi connectivity index (χ2n) is 6.87. The first kappa shape index (κ1) is 17.2. The molecule has 2 aliphatic heterocycles. The van der Waals surface area contributed by atoms with Gasteiger partial charge < -0.3 is 10.1 Å². The fraction of sp³-hybridized carbons (Fsp3) is 0.875. The van der Waals surface area contributed by atoms with E-state index in [4.69, 9.17) is 9.57 Å². The Labute approximate surface area is 132 Å². The van der Waals surface area contributed by atoms with Crippen LogP contribution in [-0.4, -0.2) is 47.3 Å². The number of esters is 1. The zero-order valence-corrected chi connectivity index (χ0v) is 14.1. The average Bonchev–Trinajstić information content (AvgIpc) is 2.66. The van der Waals surface area contributed by atoms with Gasteiger partial charge in [-0.2, -0.15) is 5.06 Å². The predicted octanol–water partition coefficient (Wildman–Crippen LogP) is 1.78. The Hall–Kier alpha value is -1.14. The van der Waals surface area contributed by atoms with Crippen LogP contribution in [0.15, 0.2) is 0 Å². The van der Waals surface area contributed by atoms with E-state index >= 15 is 0 Å². The summed E-state index contributed by atoms with van der Waals surface area (Å²) in [7, 11) is 0. The van der Waals surface area contributed by atoms with E-state index < -0.39 is 11.5 Å². The molecule has 2 aliphatic rings. The average molecular weight is 312 g/mol. The van der Waals surface area contributed by atoms with Crippen molar-refractivity contribution in [3.63, 3.8) is 0 Å². The summed E-state index contributed by atoms with van der Waals surface area (Å²) in [4.78, 5) is 30.0. The van der Waals surface area contributed by atoms with Crippen molar-refractivity contribution >= 4 is 11.9 Å². The molecule has 0 spiro atoms. The lowest BCUT2D eigenvalue weighted by Gasteiger charge is -2.50. The van der Waals surface area contributed by atoms with Crippen molar-refractivity contribution in [3.05, 3.63) is 0 Å². The van der Waals surface area contributed by atoms with Crippen molar-refractivity contribution in [2.24, 2.45) is 0 Å². The number of nitrogens with zero attached hydrogens (tertiary/aromatic N) is 1. The van der Waals surface area contributed by atoms with Gasteiger partial charge in [-0.1, -0.05) is 19.8 Å². The Morgan fingerprint density at radius 1 is 1.36 bits per heavy atom. The highest BCUT2D eigenvalue weighted by Crippen LogP contribution is 2.51. The van der Waals surface area contributed by atoms with Gasteiger partial charge in [0.15, 0.2) is 0 Å². The first-order valence-corrected chi connectivity index (χ1v) is 8.27. The van der Waals surface area contributed by atoms with Gasteiger partial charge in [0, 0.05) is 12.5 Å². The molecule has 6 heteroatoms.